The van der Waals surface area contributed by atoms with E-state index in [2.05, 4.69) is 5.32 Å². The topological polar surface area (TPSA) is 32.3 Å². The highest BCUT2D eigenvalue weighted by atomic mass is 19.1. The maximum Gasteiger partial charge on any atom is 0.227 e. The largest absolute Gasteiger partial charge is 0.341 e. The molecular formula is C13H17FN2O. The van der Waals surface area contributed by atoms with Crippen molar-refractivity contribution >= 4 is 5.91 Å². The third kappa shape index (κ3) is 2.82. The molecule has 17 heavy (non-hydrogen) atoms. The van der Waals surface area contributed by atoms with Gasteiger partial charge in [0.25, 0.3) is 0 Å². The molecule has 1 aliphatic rings. The molecule has 4 heteroatoms. The fourth-order valence-electron chi connectivity index (χ4n) is 2.14. The first-order chi connectivity index (χ1) is 8.20. The Morgan fingerprint density at radius 3 is 2.94 bits per heavy atom. The van der Waals surface area contributed by atoms with E-state index < -0.39 is 0 Å². The van der Waals surface area contributed by atoms with Gasteiger partial charge < -0.3 is 10.2 Å². The van der Waals surface area contributed by atoms with Crippen molar-refractivity contribution in [1.29, 1.82) is 0 Å². The number of amides is 1. The first-order valence-electron chi connectivity index (χ1n) is 5.89. The highest BCUT2D eigenvalue weighted by Crippen LogP contribution is 2.13. The first kappa shape index (κ1) is 12.0. The molecule has 1 N–H and O–H groups in total. The Morgan fingerprint density at radius 2 is 2.29 bits per heavy atom. The molecule has 1 heterocycles. The van der Waals surface area contributed by atoms with Crippen molar-refractivity contribution in [2.45, 2.75) is 18.9 Å². The Hall–Kier alpha value is -1.42. The maximum atomic E-state index is 13.4. The quantitative estimate of drug-likeness (QED) is 0.855. The maximum absolute atomic E-state index is 13.4. The highest BCUT2D eigenvalue weighted by Gasteiger charge is 2.25. The minimum Gasteiger partial charge on any atom is -0.341 e. The summed E-state index contributed by atoms with van der Waals surface area (Å²) < 4.78 is 13.4. The molecule has 1 aliphatic heterocycles. The molecule has 1 saturated heterocycles. The van der Waals surface area contributed by atoms with Crippen LogP contribution >= 0.6 is 0 Å². The van der Waals surface area contributed by atoms with Crippen molar-refractivity contribution < 1.29 is 9.18 Å². The molecule has 0 bridgehead atoms. The van der Waals surface area contributed by atoms with Crippen molar-refractivity contribution in [3.63, 3.8) is 0 Å². The van der Waals surface area contributed by atoms with Gasteiger partial charge in [-0.1, -0.05) is 18.2 Å². The molecule has 1 unspecified atom stereocenters. The van der Waals surface area contributed by atoms with Gasteiger partial charge in [0.05, 0.1) is 6.42 Å². The zero-order chi connectivity index (χ0) is 12.3. The van der Waals surface area contributed by atoms with Crippen molar-refractivity contribution in [3.05, 3.63) is 35.6 Å². The Balaban J connectivity index is 1.96. The second kappa shape index (κ2) is 5.27. The summed E-state index contributed by atoms with van der Waals surface area (Å²) in [6, 6.07) is 6.82. The molecular weight excluding hydrogens is 219 g/mol. The zero-order valence-electron chi connectivity index (χ0n) is 9.95. The predicted molar refractivity (Wildman–Crippen MR) is 64.1 cm³/mol. The number of halogens is 1. The van der Waals surface area contributed by atoms with Crippen LogP contribution in [0.3, 0.4) is 0 Å². The number of likely N-dealkylation sites (tertiary alicyclic amines) is 1. The number of carbonyl (C=O) groups excluding carboxylic acids is 1. The fourth-order valence-corrected chi connectivity index (χ4v) is 2.14. The van der Waals surface area contributed by atoms with Crippen molar-refractivity contribution in [3.8, 4) is 0 Å². The van der Waals surface area contributed by atoms with E-state index in [1.807, 2.05) is 7.05 Å². The predicted octanol–water partition coefficient (Wildman–Crippen LogP) is 1.19. The van der Waals surface area contributed by atoms with E-state index in [0.717, 1.165) is 19.5 Å². The van der Waals surface area contributed by atoms with E-state index in [9.17, 15) is 9.18 Å². The van der Waals surface area contributed by atoms with Gasteiger partial charge in [-0.05, 0) is 25.1 Å². The number of nitrogens with one attached hydrogen (secondary N) is 1. The van der Waals surface area contributed by atoms with Crippen LogP contribution in [0.2, 0.25) is 0 Å². The molecule has 1 aromatic rings. The second-order valence-corrected chi connectivity index (χ2v) is 4.38. The van der Waals surface area contributed by atoms with Gasteiger partial charge in [0.1, 0.15) is 5.82 Å². The summed E-state index contributed by atoms with van der Waals surface area (Å²) in [5, 5.41) is 3.16. The Morgan fingerprint density at radius 1 is 1.53 bits per heavy atom. The monoisotopic (exact) mass is 236 g/mol. The lowest BCUT2D eigenvalue weighted by atomic mass is 10.1. The Kier molecular flexibility index (Phi) is 3.74. The molecule has 2 rings (SSSR count). The number of hydrogen-bond donors (Lipinski definition) is 1. The Bertz CT molecular complexity index is 408. The van der Waals surface area contributed by atoms with Gasteiger partial charge in [0, 0.05) is 19.1 Å². The molecule has 0 spiro atoms. The van der Waals surface area contributed by atoms with E-state index in [1.54, 1.807) is 23.1 Å². The lowest BCUT2D eigenvalue weighted by Crippen LogP contribution is -2.34. The summed E-state index contributed by atoms with van der Waals surface area (Å²) >= 11 is 0. The van der Waals surface area contributed by atoms with Gasteiger partial charge in [-0.15, -0.1) is 0 Å². The third-order valence-corrected chi connectivity index (χ3v) is 3.25. The molecule has 1 atom stereocenters. The van der Waals surface area contributed by atoms with E-state index in [1.165, 1.54) is 6.07 Å². The molecule has 1 aromatic carbocycles. The molecule has 3 nitrogen and oxygen atoms in total. The van der Waals surface area contributed by atoms with Crippen LogP contribution in [0.25, 0.3) is 0 Å². The first-order valence-corrected chi connectivity index (χ1v) is 5.89. The molecule has 1 amide bonds. The molecule has 0 radical (unpaired) electrons. The van der Waals surface area contributed by atoms with Gasteiger partial charge in [0.15, 0.2) is 0 Å². The summed E-state index contributed by atoms with van der Waals surface area (Å²) in [7, 11) is 1.90. The SMILES string of the molecule is CNC1CCN(C(=O)Cc2ccccc2F)C1. The van der Waals surface area contributed by atoms with Crippen LogP contribution < -0.4 is 5.32 Å². The average Bonchev–Trinajstić information content (AvgIpc) is 2.81. The molecule has 92 valence electrons. The minimum atomic E-state index is -0.301. The molecule has 0 aliphatic carbocycles. The van der Waals surface area contributed by atoms with E-state index in [0.29, 0.717) is 11.6 Å². The summed E-state index contributed by atoms with van der Waals surface area (Å²) in [6.07, 6.45) is 1.13. The van der Waals surface area contributed by atoms with Crippen LogP contribution in [0.1, 0.15) is 12.0 Å². The van der Waals surface area contributed by atoms with Crippen molar-refractivity contribution in [2.75, 3.05) is 20.1 Å². The van der Waals surface area contributed by atoms with Gasteiger partial charge >= 0.3 is 0 Å². The van der Waals surface area contributed by atoms with E-state index in [-0.39, 0.29) is 18.1 Å². The second-order valence-electron chi connectivity index (χ2n) is 4.38. The number of nitrogens with zero attached hydrogens (tertiary/aromatic N) is 1. The van der Waals surface area contributed by atoms with E-state index >= 15 is 0 Å². The van der Waals surface area contributed by atoms with Gasteiger partial charge in [-0.25, -0.2) is 4.39 Å². The lowest BCUT2D eigenvalue weighted by Gasteiger charge is -2.16. The summed E-state index contributed by atoms with van der Waals surface area (Å²) in [4.78, 5) is 13.8. The summed E-state index contributed by atoms with van der Waals surface area (Å²) in [5.41, 5.74) is 0.477. The standard InChI is InChI=1S/C13H17FN2O/c1-15-11-6-7-16(9-11)13(17)8-10-4-2-3-5-12(10)14/h2-5,11,15H,6-9H2,1H3. The van der Waals surface area contributed by atoms with Crippen molar-refractivity contribution in [2.24, 2.45) is 0 Å². The van der Waals surface area contributed by atoms with Crippen LogP contribution in [0.15, 0.2) is 24.3 Å². The number of benzene rings is 1. The summed E-state index contributed by atoms with van der Waals surface area (Å²) in [5.74, 6) is -0.293. The fraction of sp³-hybridized carbons (Fsp3) is 0.462. The van der Waals surface area contributed by atoms with Gasteiger partial charge in [-0.3, -0.25) is 4.79 Å². The van der Waals surface area contributed by atoms with Crippen LogP contribution in [0.4, 0.5) is 4.39 Å². The lowest BCUT2D eigenvalue weighted by molar-refractivity contribution is -0.129. The number of hydrogen-bond acceptors (Lipinski definition) is 2. The highest BCUT2D eigenvalue weighted by molar-refractivity contribution is 5.79. The van der Waals surface area contributed by atoms with Crippen LogP contribution in [-0.2, 0) is 11.2 Å². The smallest absolute Gasteiger partial charge is 0.227 e. The average molecular weight is 236 g/mol. The summed E-state index contributed by atoms with van der Waals surface area (Å²) in [6.45, 7) is 1.49. The third-order valence-electron chi connectivity index (χ3n) is 3.25. The molecule has 0 saturated carbocycles. The van der Waals surface area contributed by atoms with Crippen LogP contribution in [-0.4, -0.2) is 37.0 Å². The van der Waals surface area contributed by atoms with Crippen molar-refractivity contribution in [1.82, 2.24) is 10.2 Å². The van der Waals surface area contributed by atoms with Gasteiger partial charge in [0.2, 0.25) is 5.91 Å². The molecule has 1 fully saturated rings. The minimum absolute atomic E-state index is 0.00727. The van der Waals surface area contributed by atoms with Crippen LogP contribution in [0, 0.1) is 5.82 Å². The van der Waals surface area contributed by atoms with Crippen LogP contribution in [0.5, 0.6) is 0 Å². The number of rotatable bonds is 3. The number of carbonyl (C=O) groups is 1. The Labute approximate surface area is 101 Å². The number of likely N-dealkylation sites (N-methyl/N-ethyl adjacent to an activating group) is 1. The van der Waals surface area contributed by atoms with Gasteiger partial charge in [-0.2, -0.15) is 0 Å². The molecule has 0 aromatic heterocycles. The normalized spacial score (nSPS) is 19.6. The van der Waals surface area contributed by atoms with E-state index in [4.69, 9.17) is 0 Å². The zero-order valence-corrected chi connectivity index (χ0v) is 9.95.